The normalized spacial score (nSPS) is 12.7. The molecule has 0 aliphatic rings. The number of benzene rings is 2. The van der Waals surface area contributed by atoms with Crippen LogP contribution in [0.5, 0.6) is 0 Å². The number of nitrogens with two attached hydrogens (primary N) is 1. The predicted octanol–water partition coefficient (Wildman–Crippen LogP) is 4.53. The van der Waals surface area contributed by atoms with Crippen molar-refractivity contribution in [2.45, 2.75) is 39.2 Å². The topological polar surface area (TPSA) is 43.8 Å². The maximum atomic E-state index is 13.7. The first kappa shape index (κ1) is 15.7. The molecule has 0 aliphatic heterocycles. The number of rotatable bonds is 5. The Morgan fingerprint density at radius 2 is 1.91 bits per heavy atom. The maximum absolute atomic E-state index is 13.7. The van der Waals surface area contributed by atoms with Crippen molar-refractivity contribution in [2.75, 3.05) is 0 Å². The summed E-state index contributed by atoms with van der Waals surface area (Å²) in [6, 6.07) is 12.9. The van der Waals surface area contributed by atoms with Gasteiger partial charge in [0.2, 0.25) is 0 Å². The second kappa shape index (κ2) is 6.50. The van der Waals surface area contributed by atoms with E-state index >= 15 is 0 Å². The van der Waals surface area contributed by atoms with Gasteiger partial charge in [0.25, 0.3) is 0 Å². The highest BCUT2D eigenvalue weighted by Gasteiger charge is 2.13. The Balaban J connectivity index is 2.14. The summed E-state index contributed by atoms with van der Waals surface area (Å²) in [5.74, 6) is 0.730. The van der Waals surface area contributed by atoms with Crippen LogP contribution in [-0.4, -0.2) is 9.55 Å². The Labute approximate surface area is 136 Å². The molecular weight excluding hydrogens is 289 g/mol. The molecule has 0 fully saturated rings. The summed E-state index contributed by atoms with van der Waals surface area (Å²) >= 11 is 0. The van der Waals surface area contributed by atoms with Gasteiger partial charge >= 0.3 is 0 Å². The minimum absolute atomic E-state index is 0.000544. The third-order valence-electron chi connectivity index (χ3n) is 4.12. The van der Waals surface area contributed by atoms with E-state index in [1.54, 1.807) is 12.1 Å². The first-order valence-electron chi connectivity index (χ1n) is 8.13. The van der Waals surface area contributed by atoms with Gasteiger partial charge < -0.3 is 5.73 Å². The van der Waals surface area contributed by atoms with Crippen LogP contribution in [0.3, 0.4) is 0 Å². The van der Waals surface area contributed by atoms with Crippen LogP contribution >= 0.6 is 0 Å². The summed E-state index contributed by atoms with van der Waals surface area (Å²) in [4.78, 5) is 4.70. The summed E-state index contributed by atoms with van der Waals surface area (Å²) in [5, 5.41) is 0. The van der Waals surface area contributed by atoms with Crippen LogP contribution in [0.1, 0.15) is 44.1 Å². The zero-order chi connectivity index (χ0) is 16.4. The molecule has 0 radical (unpaired) electrons. The smallest absolute Gasteiger partial charge is 0.125 e. The quantitative estimate of drug-likeness (QED) is 0.752. The highest BCUT2D eigenvalue weighted by molar-refractivity contribution is 5.78. The Morgan fingerprint density at radius 3 is 2.57 bits per heavy atom. The molecule has 2 N–H and O–H groups in total. The van der Waals surface area contributed by atoms with Crippen LogP contribution in [0, 0.1) is 5.82 Å². The second-order valence-corrected chi connectivity index (χ2v) is 5.98. The molecule has 4 heteroatoms. The van der Waals surface area contributed by atoms with Crippen molar-refractivity contribution in [3.63, 3.8) is 0 Å². The molecule has 0 spiro atoms. The third-order valence-corrected chi connectivity index (χ3v) is 4.12. The molecule has 1 heterocycles. The number of nitrogens with zero attached hydrogens (tertiary/aromatic N) is 2. The third kappa shape index (κ3) is 3.13. The van der Waals surface area contributed by atoms with E-state index in [9.17, 15) is 4.39 Å². The lowest BCUT2D eigenvalue weighted by atomic mass is 10.1. The first-order valence-corrected chi connectivity index (χ1v) is 8.13. The molecule has 1 atom stereocenters. The van der Waals surface area contributed by atoms with Gasteiger partial charge in [-0.1, -0.05) is 25.5 Å². The van der Waals surface area contributed by atoms with Gasteiger partial charge in [-0.2, -0.15) is 0 Å². The standard InChI is InChI=1S/C19H22FN3/c1-3-4-5-19-22-17-11-8-15(20)12-18(17)23(19)16-9-6-14(7-10-16)13(2)21/h6-13H,3-5,21H2,1-2H3. The molecule has 0 saturated carbocycles. The van der Waals surface area contributed by atoms with Gasteiger partial charge in [0.05, 0.1) is 11.0 Å². The molecule has 0 bridgehead atoms. The van der Waals surface area contributed by atoms with E-state index in [0.29, 0.717) is 0 Å². The lowest BCUT2D eigenvalue weighted by Gasteiger charge is -2.11. The number of fused-ring (bicyclic) bond motifs is 1. The van der Waals surface area contributed by atoms with E-state index in [0.717, 1.165) is 47.4 Å². The van der Waals surface area contributed by atoms with E-state index < -0.39 is 0 Å². The zero-order valence-corrected chi connectivity index (χ0v) is 13.6. The van der Waals surface area contributed by atoms with E-state index in [2.05, 4.69) is 11.5 Å². The van der Waals surface area contributed by atoms with E-state index in [-0.39, 0.29) is 11.9 Å². The summed E-state index contributed by atoms with van der Waals surface area (Å²) in [5.41, 5.74) is 9.63. The molecule has 3 nitrogen and oxygen atoms in total. The van der Waals surface area contributed by atoms with Crippen molar-refractivity contribution in [1.82, 2.24) is 9.55 Å². The van der Waals surface area contributed by atoms with Crippen LogP contribution in [0.4, 0.5) is 4.39 Å². The van der Waals surface area contributed by atoms with Gasteiger partial charge in [-0.15, -0.1) is 0 Å². The summed E-state index contributed by atoms with van der Waals surface area (Å²) in [6.07, 6.45) is 3.03. The highest BCUT2D eigenvalue weighted by atomic mass is 19.1. The molecule has 3 aromatic rings. The van der Waals surface area contributed by atoms with Crippen molar-refractivity contribution in [1.29, 1.82) is 0 Å². The van der Waals surface area contributed by atoms with E-state index in [1.807, 2.05) is 31.2 Å². The molecule has 2 aromatic carbocycles. The Kier molecular flexibility index (Phi) is 4.44. The number of hydrogen-bond donors (Lipinski definition) is 1. The van der Waals surface area contributed by atoms with Crippen molar-refractivity contribution < 1.29 is 4.39 Å². The average Bonchev–Trinajstić information content (AvgIpc) is 2.90. The van der Waals surface area contributed by atoms with Crippen LogP contribution in [0.25, 0.3) is 16.7 Å². The largest absolute Gasteiger partial charge is 0.324 e. The molecule has 120 valence electrons. The maximum Gasteiger partial charge on any atom is 0.125 e. The van der Waals surface area contributed by atoms with Gasteiger partial charge in [-0.25, -0.2) is 9.37 Å². The predicted molar refractivity (Wildman–Crippen MR) is 92.2 cm³/mol. The van der Waals surface area contributed by atoms with Crippen LogP contribution < -0.4 is 5.73 Å². The minimum Gasteiger partial charge on any atom is -0.324 e. The van der Waals surface area contributed by atoms with Crippen LogP contribution in [-0.2, 0) is 6.42 Å². The molecular formula is C19H22FN3. The Bertz CT molecular complexity index is 803. The summed E-state index contributed by atoms with van der Waals surface area (Å²) < 4.78 is 15.8. The number of hydrogen-bond acceptors (Lipinski definition) is 2. The molecule has 0 saturated heterocycles. The fourth-order valence-electron chi connectivity index (χ4n) is 2.82. The fraction of sp³-hybridized carbons (Fsp3) is 0.316. The number of unbranched alkanes of at least 4 members (excludes halogenated alkanes) is 1. The summed E-state index contributed by atoms with van der Waals surface area (Å²) in [6.45, 7) is 4.12. The van der Waals surface area contributed by atoms with Gasteiger partial charge in [0.15, 0.2) is 0 Å². The molecule has 1 unspecified atom stereocenters. The van der Waals surface area contributed by atoms with E-state index in [4.69, 9.17) is 10.7 Å². The lowest BCUT2D eigenvalue weighted by Crippen LogP contribution is -2.06. The molecule has 0 aliphatic carbocycles. The highest BCUT2D eigenvalue weighted by Crippen LogP contribution is 2.24. The minimum atomic E-state index is -0.243. The van der Waals surface area contributed by atoms with Crippen molar-refractivity contribution in [3.8, 4) is 5.69 Å². The van der Waals surface area contributed by atoms with Gasteiger partial charge in [-0.3, -0.25) is 4.57 Å². The number of halogens is 1. The number of imidazole rings is 1. The summed E-state index contributed by atoms with van der Waals surface area (Å²) in [7, 11) is 0. The van der Waals surface area contributed by atoms with Crippen LogP contribution in [0.2, 0.25) is 0 Å². The van der Waals surface area contributed by atoms with Crippen molar-refractivity contribution in [2.24, 2.45) is 5.73 Å². The van der Waals surface area contributed by atoms with Gasteiger partial charge in [0, 0.05) is 24.2 Å². The monoisotopic (exact) mass is 311 g/mol. The average molecular weight is 311 g/mol. The molecule has 23 heavy (non-hydrogen) atoms. The number of aryl methyl sites for hydroxylation is 1. The van der Waals surface area contributed by atoms with Gasteiger partial charge in [-0.05, 0) is 43.2 Å². The Morgan fingerprint density at radius 1 is 1.17 bits per heavy atom. The lowest BCUT2D eigenvalue weighted by molar-refractivity contribution is 0.629. The van der Waals surface area contributed by atoms with Crippen LogP contribution in [0.15, 0.2) is 42.5 Å². The second-order valence-electron chi connectivity index (χ2n) is 5.98. The zero-order valence-electron chi connectivity index (χ0n) is 13.6. The molecule has 3 rings (SSSR count). The SMILES string of the molecule is CCCCc1nc2ccc(F)cc2n1-c1ccc(C(C)N)cc1. The molecule has 0 amide bonds. The van der Waals surface area contributed by atoms with Crippen molar-refractivity contribution >= 4 is 11.0 Å². The number of aromatic nitrogens is 2. The van der Waals surface area contributed by atoms with E-state index in [1.165, 1.54) is 6.07 Å². The molecule has 1 aromatic heterocycles. The van der Waals surface area contributed by atoms with Gasteiger partial charge in [0.1, 0.15) is 11.6 Å². The Hall–Kier alpha value is -2.20. The fourth-order valence-corrected chi connectivity index (χ4v) is 2.82. The first-order chi connectivity index (χ1) is 11.1. The van der Waals surface area contributed by atoms with Crippen molar-refractivity contribution in [3.05, 3.63) is 59.7 Å².